The smallest absolute Gasteiger partial charge is 0.339 e. The minimum atomic E-state index is -4.18. The molecular weight excluding hydrogens is 583 g/mol. The van der Waals surface area contributed by atoms with Gasteiger partial charge in [-0.25, -0.2) is 9.69 Å². The second-order valence-electron chi connectivity index (χ2n) is 7.12. The average Bonchev–Trinajstić information content (AvgIpc) is 2.80. The Morgan fingerprint density at radius 3 is 2.20 bits per heavy atom. The van der Waals surface area contributed by atoms with Crippen LogP contribution in [0, 0.1) is 0 Å². The molecule has 1 heterocycles. The van der Waals surface area contributed by atoms with Crippen molar-refractivity contribution in [1.29, 1.82) is 0 Å². The molecule has 35 heavy (non-hydrogen) atoms. The normalized spacial score (nSPS) is 15.3. The predicted molar refractivity (Wildman–Crippen MR) is 134 cm³/mol. The third-order valence-corrected chi connectivity index (χ3v) is 7.08. The fraction of sp³-hybridized carbons (Fsp3) is 0. The number of barbiturate groups is 1. The summed E-state index contributed by atoms with van der Waals surface area (Å²) in [6.07, 6.45) is 1.24. The maximum absolute atomic E-state index is 13.0. The molecular formula is C23H13BrCl2N2O6S. The Bertz CT molecular complexity index is 1490. The van der Waals surface area contributed by atoms with E-state index in [0.717, 1.165) is 9.37 Å². The summed E-state index contributed by atoms with van der Waals surface area (Å²) in [5.74, 6) is -1.87. The maximum Gasteiger partial charge on any atom is 0.339 e. The molecule has 1 aliphatic heterocycles. The van der Waals surface area contributed by atoms with E-state index in [1.54, 1.807) is 24.3 Å². The predicted octanol–water partition coefficient (Wildman–Crippen LogP) is 5.19. The van der Waals surface area contributed by atoms with Gasteiger partial charge in [-0.05, 0) is 72.3 Å². The first-order valence-electron chi connectivity index (χ1n) is 9.72. The van der Waals surface area contributed by atoms with Gasteiger partial charge in [0.25, 0.3) is 11.8 Å². The van der Waals surface area contributed by atoms with Crippen LogP contribution in [0.5, 0.6) is 5.75 Å². The van der Waals surface area contributed by atoms with Crippen molar-refractivity contribution in [3.8, 4) is 5.75 Å². The number of rotatable bonds is 5. The Labute approximate surface area is 218 Å². The van der Waals surface area contributed by atoms with Gasteiger partial charge >= 0.3 is 16.1 Å². The lowest BCUT2D eigenvalue weighted by Crippen LogP contribution is -2.54. The van der Waals surface area contributed by atoms with E-state index in [0.29, 0.717) is 10.6 Å². The highest BCUT2D eigenvalue weighted by Crippen LogP contribution is 2.30. The van der Waals surface area contributed by atoms with Gasteiger partial charge in [-0.2, -0.15) is 8.42 Å². The van der Waals surface area contributed by atoms with Crippen molar-refractivity contribution in [3.05, 3.63) is 92.4 Å². The number of hydrogen-bond donors (Lipinski definition) is 1. The Morgan fingerprint density at radius 1 is 0.914 bits per heavy atom. The van der Waals surface area contributed by atoms with Crippen LogP contribution in [0.3, 0.4) is 0 Å². The molecule has 0 bridgehead atoms. The molecule has 1 fully saturated rings. The largest absolute Gasteiger partial charge is 0.377 e. The van der Waals surface area contributed by atoms with Crippen LogP contribution in [0.15, 0.2) is 81.7 Å². The topological polar surface area (TPSA) is 110 Å². The summed E-state index contributed by atoms with van der Waals surface area (Å²) in [5, 5.41) is 2.40. The Kier molecular flexibility index (Phi) is 7.00. The van der Waals surface area contributed by atoms with Crippen LogP contribution in [0.1, 0.15) is 5.56 Å². The molecule has 1 saturated heterocycles. The van der Waals surface area contributed by atoms with E-state index in [1.807, 2.05) is 0 Å². The number of nitrogens with one attached hydrogen (secondary N) is 1. The van der Waals surface area contributed by atoms with Crippen molar-refractivity contribution in [2.75, 3.05) is 4.90 Å². The molecule has 0 spiro atoms. The summed E-state index contributed by atoms with van der Waals surface area (Å²) in [6, 6.07) is 14.9. The van der Waals surface area contributed by atoms with Crippen molar-refractivity contribution in [2.45, 2.75) is 4.90 Å². The van der Waals surface area contributed by atoms with Crippen molar-refractivity contribution in [1.82, 2.24) is 5.32 Å². The van der Waals surface area contributed by atoms with E-state index in [2.05, 4.69) is 21.2 Å². The first-order valence-corrected chi connectivity index (χ1v) is 12.7. The van der Waals surface area contributed by atoms with Crippen LogP contribution >= 0.6 is 39.1 Å². The van der Waals surface area contributed by atoms with Gasteiger partial charge in [0.05, 0.1) is 10.7 Å². The fourth-order valence-corrected chi connectivity index (χ4v) is 4.70. The van der Waals surface area contributed by atoms with Gasteiger partial charge < -0.3 is 4.18 Å². The lowest BCUT2D eigenvalue weighted by Gasteiger charge is -2.26. The van der Waals surface area contributed by atoms with Crippen LogP contribution < -0.4 is 14.4 Å². The number of carbonyl (C=O) groups is 3. The number of benzene rings is 3. The molecule has 4 amide bonds. The average molecular weight is 596 g/mol. The summed E-state index contributed by atoms with van der Waals surface area (Å²) in [4.78, 5) is 38.4. The number of urea groups is 1. The number of imide groups is 2. The highest BCUT2D eigenvalue weighted by molar-refractivity contribution is 9.10. The van der Waals surface area contributed by atoms with E-state index >= 15 is 0 Å². The van der Waals surface area contributed by atoms with Crippen molar-refractivity contribution < 1.29 is 27.0 Å². The standard InChI is InChI=1S/C23H13BrCl2N2O6S/c24-14-2-6-16(7-3-14)28-22(30)18(21(29)27-23(28)31)11-13-1-10-20(19(26)12-13)34-35(32,33)17-8-4-15(25)5-9-17/h1-12H,(H,27,29,31)/b18-11+. The first kappa shape index (κ1) is 24.9. The second-order valence-corrected chi connectivity index (χ2v) is 10.4. The quantitative estimate of drug-likeness (QED) is 0.247. The molecule has 0 atom stereocenters. The number of amides is 4. The summed E-state index contributed by atoms with van der Waals surface area (Å²) in [6.45, 7) is 0. The van der Waals surface area contributed by atoms with Crippen LogP contribution in [0.2, 0.25) is 10.0 Å². The number of anilines is 1. The number of carbonyl (C=O) groups excluding carboxylic acids is 3. The van der Waals surface area contributed by atoms with E-state index < -0.39 is 28.0 Å². The minimum absolute atomic E-state index is 0.0820. The van der Waals surface area contributed by atoms with Gasteiger partial charge in [-0.1, -0.05) is 45.2 Å². The van der Waals surface area contributed by atoms with Gasteiger partial charge in [0.15, 0.2) is 5.75 Å². The van der Waals surface area contributed by atoms with Crippen LogP contribution in [-0.4, -0.2) is 26.3 Å². The highest BCUT2D eigenvalue weighted by atomic mass is 79.9. The maximum atomic E-state index is 13.0. The third kappa shape index (κ3) is 5.40. The molecule has 12 heteroatoms. The monoisotopic (exact) mass is 594 g/mol. The molecule has 3 aromatic carbocycles. The Hall–Kier alpha value is -3.18. The molecule has 0 radical (unpaired) electrons. The van der Waals surface area contributed by atoms with Gasteiger partial charge in [-0.3, -0.25) is 14.9 Å². The Balaban J connectivity index is 1.61. The summed E-state index contributed by atoms with van der Waals surface area (Å²) in [7, 11) is -4.18. The molecule has 0 aromatic heterocycles. The lowest BCUT2D eigenvalue weighted by molar-refractivity contribution is -0.122. The van der Waals surface area contributed by atoms with Gasteiger partial charge in [0.1, 0.15) is 10.5 Å². The number of halogens is 3. The molecule has 1 aliphatic rings. The summed E-state index contributed by atoms with van der Waals surface area (Å²) >= 11 is 15.3. The number of hydrogen-bond acceptors (Lipinski definition) is 6. The minimum Gasteiger partial charge on any atom is -0.377 e. The first-order chi connectivity index (χ1) is 16.5. The van der Waals surface area contributed by atoms with Crippen molar-refractivity contribution >= 4 is 78.9 Å². The van der Waals surface area contributed by atoms with E-state index in [1.165, 1.54) is 48.5 Å². The molecule has 3 aromatic rings. The van der Waals surface area contributed by atoms with E-state index in [9.17, 15) is 22.8 Å². The molecule has 8 nitrogen and oxygen atoms in total. The summed E-state index contributed by atoms with van der Waals surface area (Å²) in [5.41, 5.74) is 0.254. The number of nitrogens with zero attached hydrogens (tertiary/aromatic N) is 1. The second kappa shape index (κ2) is 9.82. The SMILES string of the molecule is O=C1NC(=O)N(c2ccc(Br)cc2)C(=O)/C1=C/c1ccc(OS(=O)(=O)c2ccc(Cl)cc2)c(Cl)c1. The van der Waals surface area contributed by atoms with Crippen LogP contribution in [-0.2, 0) is 19.7 Å². The lowest BCUT2D eigenvalue weighted by atomic mass is 10.1. The summed E-state index contributed by atoms with van der Waals surface area (Å²) < 4.78 is 30.9. The van der Waals surface area contributed by atoms with Gasteiger partial charge in [0, 0.05) is 9.50 Å². The van der Waals surface area contributed by atoms with Crippen molar-refractivity contribution in [3.63, 3.8) is 0 Å². The van der Waals surface area contributed by atoms with Crippen LogP contribution in [0.4, 0.5) is 10.5 Å². The van der Waals surface area contributed by atoms with Crippen LogP contribution in [0.25, 0.3) is 6.08 Å². The zero-order valence-electron chi connectivity index (χ0n) is 17.4. The zero-order valence-corrected chi connectivity index (χ0v) is 21.3. The molecule has 1 N–H and O–H groups in total. The van der Waals surface area contributed by atoms with Gasteiger partial charge in [0.2, 0.25) is 0 Å². The molecule has 0 saturated carbocycles. The van der Waals surface area contributed by atoms with Gasteiger partial charge in [-0.15, -0.1) is 0 Å². The molecule has 0 aliphatic carbocycles. The Morgan fingerprint density at radius 2 is 1.57 bits per heavy atom. The molecule has 0 unspecified atom stereocenters. The zero-order chi connectivity index (χ0) is 25.3. The van der Waals surface area contributed by atoms with E-state index in [4.69, 9.17) is 27.4 Å². The van der Waals surface area contributed by atoms with Crippen molar-refractivity contribution in [2.24, 2.45) is 0 Å². The van der Waals surface area contributed by atoms with E-state index in [-0.39, 0.29) is 26.9 Å². The highest BCUT2D eigenvalue weighted by Gasteiger charge is 2.36. The molecule has 178 valence electrons. The molecule has 4 rings (SSSR count). The third-order valence-electron chi connectivity index (χ3n) is 4.76. The fourth-order valence-electron chi connectivity index (χ4n) is 3.09.